The first kappa shape index (κ1) is 16.8. The van der Waals surface area contributed by atoms with Crippen molar-refractivity contribution in [3.8, 4) is 0 Å². The second-order valence-electron chi connectivity index (χ2n) is 4.89. The van der Waals surface area contributed by atoms with Crippen molar-refractivity contribution in [1.82, 2.24) is 10.3 Å². The SMILES string of the molecule is COC(=O)[C@H](CC(=O)O)NC(=O)Cc1c[nH]c2cccc(Cl)c12. The third kappa shape index (κ3) is 4.01. The van der Waals surface area contributed by atoms with Crippen molar-refractivity contribution in [2.75, 3.05) is 7.11 Å². The van der Waals surface area contributed by atoms with Gasteiger partial charge in [-0.3, -0.25) is 9.59 Å². The molecular weight excluding hydrogens is 324 g/mol. The van der Waals surface area contributed by atoms with Gasteiger partial charge in [0.2, 0.25) is 5.91 Å². The molecule has 0 saturated carbocycles. The molecule has 0 unspecified atom stereocenters. The number of amides is 1. The van der Waals surface area contributed by atoms with Crippen LogP contribution in [0, 0.1) is 0 Å². The average molecular weight is 339 g/mol. The molecule has 8 heteroatoms. The molecule has 2 rings (SSSR count). The molecule has 0 aliphatic rings. The summed E-state index contributed by atoms with van der Waals surface area (Å²) in [5.74, 6) is -2.52. The number of hydrogen-bond donors (Lipinski definition) is 3. The third-order valence-electron chi connectivity index (χ3n) is 3.29. The maximum Gasteiger partial charge on any atom is 0.328 e. The van der Waals surface area contributed by atoms with Crippen LogP contribution in [0.15, 0.2) is 24.4 Å². The van der Waals surface area contributed by atoms with Crippen molar-refractivity contribution in [3.63, 3.8) is 0 Å². The van der Waals surface area contributed by atoms with Gasteiger partial charge >= 0.3 is 11.9 Å². The normalized spacial score (nSPS) is 11.9. The zero-order chi connectivity index (χ0) is 17.0. The van der Waals surface area contributed by atoms with Crippen molar-refractivity contribution in [1.29, 1.82) is 0 Å². The van der Waals surface area contributed by atoms with E-state index in [1.54, 1.807) is 18.3 Å². The van der Waals surface area contributed by atoms with Crippen molar-refractivity contribution in [2.45, 2.75) is 18.9 Å². The standard InChI is InChI=1S/C15H15ClN2O5/c1-23-15(22)11(6-13(20)21)18-12(19)5-8-7-17-10-4-2-3-9(16)14(8)10/h2-4,7,11,17H,5-6H2,1H3,(H,18,19)(H,20,21)/t11-/m0/s1. The molecule has 3 N–H and O–H groups in total. The van der Waals surface area contributed by atoms with E-state index < -0.39 is 30.3 Å². The van der Waals surface area contributed by atoms with Crippen LogP contribution in [0.2, 0.25) is 5.02 Å². The van der Waals surface area contributed by atoms with Crippen molar-refractivity contribution >= 4 is 40.3 Å². The van der Waals surface area contributed by atoms with Gasteiger partial charge in [-0.15, -0.1) is 0 Å². The summed E-state index contributed by atoms with van der Waals surface area (Å²) < 4.78 is 4.49. The molecule has 1 aromatic heterocycles. The molecule has 0 aliphatic carbocycles. The van der Waals surface area contributed by atoms with Gasteiger partial charge in [-0.25, -0.2) is 4.79 Å². The maximum atomic E-state index is 12.1. The molecule has 1 aromatic carbocycles. The molecule has 2 aromatic rings. The van der Waals surface area contributed by atoms with E-state index in [4.69, 9.17) is 16.7 Å². The fraction of sp³-hybridized carbons (Fsp3) is 0.267. The Morgan fingerprint density at radius 1 is 1.39 bits per heavy atom. The van der Waals surface area contributed by atoms with Crippen LogP contribution in [0.5, 0.6) is 0 Å². The third-order valence-corrected chi connectivity index (χ3v) is 3.60. The summed E-state index contributed by atoms with van der Waals surface area (Å²) in [6.45, 7) is 0. The van der Waals surface area contributed by atoms with E-state index >= 15 is 0 Å². The molecule has 0 fully saturated rings. The number of hydrogen-bond acceptors (Lipinski definition) is 4. The van der Waals surface area contributed by atoms with Crippen LogP contribution in [0.4, 0.5) is 0 Å². The Labute approximate surface area is 136 Å². The molecule has 1 heterocycles. The summed E-state index contributed by atoms with van der Waals surface area (Å²) in [5.41, 5.74) is 1.44. The van der Waals surface area contributed by atoms with E-state index in [0.29, 0.717) is 10.6 Å². The van der Waals surface area contributed by atoms with Crippen LogP contribution in [-0.4, -0.2) is 41.1 Å². The van der Waals surface area contributed by atoms with Gasteiger partial charge < -0.3 is 20.1 Å². The number of halogens is 1. The molecule has 0 saturated heterocycles. The van der Waals surface area contributed by atoms with E-state index in [2.05, 4.69) is 15.0 Å². The zero-order valence-electron chi connectivity index (χ0n) is 12.3. The first-order valence-electron chi connectivity index (χ1n) is 6.75. The van der Waals surface area contributed by atoms with E-state index in [9.17, 15) is 14.4 Å². The van der Waals surface area contributed by atoms with Crippen molar-refractivity contribution in [2.24, 2.45) is 0 Å². The minimum atomic E-state index is -1.23. The van der Waals surface area contributed by atoms with E-state index in [0.717, 1.165) is 18.0 Å². The lowest BCUT2D eigenvalue weighted by molar-refractivity contribution is -0.149. The number of esters is 1. The van der Waals surface area contributed by atoms with Crippen molar-refractivity contribution < 1.29 is 24.2 Å². The van der Waals surface area contributed by atoms with Gasteiger partial charge in [-0.05, 0) is 17.7 Å². The number of carboxylic acid groups (broad SMARTS) is 1. The Kier molecular flexibility index (Phi) is 5.23. The number of aromatic nitrogens is 1. The predicted molar refractivity (Wildman–Crippen MR) is 83.2 cm³/mol. The lowest BCUT2D eigenvalue weighted by Crippen LogP contribution is -2.43. The van der Waals surface area contributed by atoms with Gasteiger partial charge in [0.05, 0.1) is 25.0 Å². The second-order valence-corrected chi connectivity index (χ2v) is 5.30. The molecule has 1 atom stereocenters. The summed E-state index contributed by atoms with van der Waals surface area (Å²) in [6.07, 6.45) is 1.06. The minimum Gasteiger partial charge on any atom is -0.481 e. The summed E-state index contributed by atoms with van der Waals surface area (Å²) in [5, 5.41) is 12.4. The highest BCUT2D eigenvalue weighted by molar-refractivity contribution is 6.35. The number of benzene rings is 1. The first-order chi connectivity index (χ1) is 10.9. The van der Waals surface area contributed by atoms with Crippen LogP contribution in [-0.2, 0) is 25.5 Å². The Hall–Kier alpha value is -2.54. The molecule has 23 heavy (non-hydrogen) atoms. The van der Waals surface area contributed by atoms with Crippen molar-refractivity contribution in [3.05, 3.63) is 35.0 Å². The number of rotatable bonds is 6. The maximum absolute atomic E-state index is 12.1. The molecule has 122 valence electrons. The zero-order valence-corrected chi connectivity index (χ0v) is 13.0. The van der Waals surface area contributed by atoms with Crippen LogP contribution < -0.4 is 5.32 Å². The number of methoxy groups -OCH3 is 1. The minimum absolute atomic E-state index is 0.0448. The average Bonchev–Trinajstić information content (AvgIpc) is 2.89. The summed E-state index contributed by atoms with van der Waals surface area (Å²) in [4.78, 5) is 37.4. The number of H-pyrrole nitrogens is 1. The smallest absolute Gasteiger partial charge is 0.328 e. The molecule has 1 amide bonds. The summed E-state index contributed by atoms with van der Waals surface area (Å²) in [7, 11) is 1.13. The fourth-order valence-corrected chi connectivity index (χ4v) is 2.57. The second kappa shape index (κ2) is 7.15. The number of fused-ring (bicyclic) bond motifs is 1. The molecular formula is C15H15ClN2O5. The van der Waals surface area contributed by atoms with E-state index in [1.807, 2.05) is 6.07 Å². The van der Waals surface area contributed by atoms with Gasteiger partial charge in [-0.2, -0.15) is 0 Å². The first-order valence-corrected chi connectivity index (χ1v) is 7.13. The van der Waals surface area contributed by atoms with Gasteiger partial charge in [0.1, 0.15) is 6.04 Å². The monoisotopic (exact) mass is 338 g/mol. The molecule has 0 spiro atoms. The van der Waals surface area contributed by atoms with Gasteiger partial charge in [-0.1, -0.05) is 17.7 Å². The highest BCUT2D eigenvalue weighted by Crippen LogP contribution is 2.26. The lowest BCUT2D eigenvalue weighted by Gasteiger charge is -2.14. The Morgan fingerprint density at radius 2 is 2.13 bits per heavy atom. The number of ether oxygens (including phenoxy) is 1. The summed E-state index contributed by atoms with van der Waals surface area (Å²) in [6, 6.07) is 4.08. The van der Waals surface area contributed by atoms with E-state index in [-0.39, 0.29) is 6.42 Å². The fourth-order valence-electron chi connectivity index (χ4n) is 2.28. The van der Waals surface area contributed by atoms with Gasteiger partial charge in [0, 0.05) is 17.1 Å². The van der Waals surface area contributed by atoms with E-state index in [1.165, 1.54) is 0 Å². The Morgan fingerprint density at radius 3 is 2.78 bits per heavy atom. The lowest BCUT2D eigenvalue weighted by atomic mass is 10.1. The Bertz CT molecular complexity index is 755. The van der Waals surface area contributed by atoms with Crippen LogP contribution in [0.1, 0.15) is 12.0 Å². The largest absolute Gasteiger partial charge is 0.481 e. The molecule has 7 nitrogen and oxygen atoms in total. The molecule has 0 bridgehead atoms. The summed E-state index contributed by atoms with van der Waals surface area (Å²) >= 11 is 6.13. The number of nitrogens with one attached hydrogen (secondary N) is 2. The van der Waals surface area contributed by atoms with Crippen LogP contribution in [0.3, 0.4) is 0 Å². The van der Waals surface area contributed by atoms with Crippen LogP contribution in [0.25, 0.3) is 10.9 Å². The number of carbonyl (C=O) groups is 3. The Balaban J connectivity index is 2.13. The topological polar surface area (TPSA) is 108 Å². The highest BCUT2D eigenvalue weighted by Gasteiger charge is 2.24. The molecule has 0 aliphatic heterocycles. The highest BCUT2D eigenvalue weighted by atomic mass is 35.5. The van der Waals surface area contributed by atoms with Gasteiger partial charge in [0.15, 0.2) is 0 Å². The molecule has 0 radical (unpaired) electrons. The van der Waals surface area contributed by atoms with Crippen LogP contribution >= 0.6 is 11.6 Å². The number of carbonyl (C=O) groups excluding carboxylic acids is 2. The predicted octanol–water partition coefficient (Wildman–Crippen LogP) is 1.50. The number of aliphatic carboxylic acids is 1. The quantitative estimate of drug-likeness (QED) is 0.692. The number of aromatic amines is 1. The number of carboxylic acids is 1. The van der Waals surface area contributed by atoms with Gasteiger partial charge in [0.25, 0.3) is 0 Å².